The van der Waals surface area contributed by atoms with Gasteiger partial charge in [0.05, 0.1) is 6.61 Å². The van der Waals surface area contributed by atoms with Crippen molar-refractivity contribution < 1.29 is 19.2 Å². The highest BCUT2D eigenvalue weighted by atomic mass is 16.5. The molecule has 0 saturated carbocycles. The summed E-state index contributed by atoms with van der Waals surface area (Å²) in [4.78, 5) is 12.3. The predicted octanol–water partition coefficient (Wildman–Crippen LogP) is 1.77. The zero-order valence-corrected chi connectivity index (χ0v) is 12.0. The Bertz CT molecular complexity index is 593. The number of benzene rings is 1. The summed E-state index contributed by atoms with van der Waals surface area (Å²) < 4.78 is 10.0. The van der Waals surface area contributed by atoms with Crippen LogP contribution in [0.3, 0.4) is 0 Å². The van der Waals surface area contributed by atoms with Crippen molar-refractivity contribution in [1.29, 1.82) is 0 Å². The van der Waals surface area contributed by atoms with Gasteiger partial charge in [-0.1, -0.05) is 35.5 Å². The van der Waals surface area contributed by atoms with Gasteiger partial charge in [-0.3, -0.25) is 4.79 Å². The van der Waals surface area contributed by atoms with E-state index in [1.807, 2.05) is 30.3 Å². The van der Waals surface area contributed by atoms with E-state index in [0.29, 0.717) is 18.8 Å². The van der Waals surface area contributed by atoms with Gasteiger partial charge in [-0.05, 0) is 6.92 Å². The second-order valence-electron chi connectivity index (χ2n) is 4.56. The summed E-state index contributed by atoms with van der Waals surface area (Å²) in [5, 5.41) is 16.4. The molecule has 0 saturated heterocycles. The van der Waals surface area contributed by atoms with Gasteiger partial charge in [-0.2, -0.15) is 0 Å². The summed E-state index contributed by atoms with van der Waals surface area (Å²) in [5.41, 5.74) is 1.43. The van der Waals surface area contributed by atoms with Gasteiger partial charge < -0.3 is 19.7 Å². The molecule has 0 fully saturated rings. The minimum Gasteiger partial charge on any atom is -0.385 e. The molecule has 1 heterocycles. The van der Waals surface area contributed by atoms with Crippen LogP contribution in [-0.4, -0.2) is 36.4 Å². The van der Waals surface area contributed by atoms with Crippen molar-refractivity contribution in [1.82, 2.24) is 10.5 Å². The fourth-order valence-electron chi connectivity index (χ4n) is 1.96. The van der Waals surface area contributed by atoms with Crippen LogP contribution >= 0.6 is 0 Å². The Hall–Kier alpha value is -2.18. The Morgan fingerprint density at radius 3 is 2.76 bits per heavy atom. The van der Waals surface area contributed by atoms with E-state index in [1.165, 1.54) is 6.92 Å². The van der Waals surface area contributed by atoms with Crippen LogP contribution in [0.25, 0.3) is 11.3 Å². The Balaban J connectivity index is 2.36. The van der Waals surface area contributed by atoms with Crippen LogP contribution in [0.4, 0.5) is 0 Å². The van der Waals surface area contributed by atoms with Gasteiger partial charge in [0, 0.05) is 19.2 Å². The normalized spacial score (nSPS) is 12.1. The molecule has 0 bridgehead atoms. The third-order valence-electron chi connectivity index (χ3n) is 2.96. The lowest BCUT2D eigenvalue weighted by molar-refractivity contribution is 0.0924. The smallest absolute Gasteiger partial charge is 0.257 e. The van der Waals surface area contributed by atoms with Crippen LogP contribution in [0.15, 0.2) is 34.9 Å². The molecule has 6 heteroatoms. The van der Waals surface area contributed by atoms with Crippen molar-refractivity contribution in [2.75, 3.05) is 20.3 Å². The number of hydrogen-bond donors (Lipinski definition) is 2. The number of aliphatic hydroxyl groups is 1. The summed E-state index contributed by atoms with van der Waals surface area (Å²) in [6, 6.07) is 9.22. The molecule has 21 heavy (non-hydrogen) atoms. The van der Waals surface area contributed by atoms with E-state index in [1.54, 1.807) is 7.11 Å². The zero-order chi connectivity index (χ0) is 15.2. The molecule has 0 aliphatic carbocycles. The van der Waals surface area contributed by atoms with Crippen LogP contribution in [0.1, 0.15) is 29.1 Å². The van der Waals surface area contributed by atoms with Gasteiger partial charge in [-0.25, -0.2) is 0 Å². The molecule has 6 nitrogen and oxygen atoms in total. The second-order valence-corrected chi connectivity index (χ2v) is 4.56. The van der Waals surface area contributed by atoms with E-state index in [4.69, 9.17) is 9.26 Å². The Labute approximate surface area is 122 Å². The molecule has 1 aromatic carbocycles. The average Bonchev–Trinajstić information content (AvgIpc) is 2.93. The molecule has 1 atom stereocenters. The monoisotopic (exact) mass is 290 g/mol. The van der Waals surface area contributed by atoms with Gasteiger partial charge in [0.15, 0.2) is 5.76 Å². The van der Waals surface area contributed by atoms with Crippen LogP contribution in [0, 0.1) is 0 Å². The topological polar surface area (TPSA) is 84.6 Å². The zero-order valence-electron chi connectivity index (χ0n) is 12.0. The molecule has 1 unspecified atom stereocenters. The molecule has 0 spiro atoms. The van der Waals surface area contributed by atoms with Gasteiger partial charge in [-0.15, -0.1) is 0 Å². The minimum atomic E-state index is -0.918. The molecule has 2 N–H and O–H groups in total. The number of hydrogen-bond acceptors (Lipinski definition) is 5. The van der Waals surface area contributed by atoms with Crippen molar-refractivity contribution in [2.45, 2.75) is 13.0 Å². The second kappa shape index (κ2) is 7.01. The number of nitrogens with zero attached hydrogens (tertiary/aromatic N) is 1. The van der Waals surface area contributed by atoms with Crippen LogP contribution < -0.4 is 5.32 Å². The maximum Gasteiger partial charge on any atom is 0.257 e. The number of rotatable bonds is 6. The van der Waals surface area contributed by atoms with Gasteiger partial charge >= 0.3 is 0 Å². The van der Waals surface area contributed by atoms with Crippen molar-refractivity contribution in [3.8, 4) is 11.3 Å². The summed E-state index contributed by atoms with van der Waals surface area (Å²) >= 11 is 0. The van der Waals surface area contributed by atoms with Crippen molar-refractivity contribution in [3.05, 3.63) is 41.7 Å². The summed E-state index contributed by atoms with van der Waals surface area (Å²) in [7, 11) is 1.56. The van der Waals surface area contributed by atoms with E-state index in [-0.39, 0.29) is 17.2 Å². The fraction of sp³-hybridized carbons (Fsp3) is 0.333. The van der Waals surface area contributed by atoms with Crippen molar-refractivity contribution in [3.63, 3.8) is 0 Å². The summed E-state index contributed by atoms with van der Waals surface area (Å²) in [6.07, 6.45) is -0.918. The molecule has 0 radical (unpaired) electrons. The average molecular weight is 290 g/mol. The first-order chi connectivity index (χ1) is 10.1. The molecule has 1 aromatic heterocycles. The van der Waals surface area contributed by atoms with Crippen LogP contribution in [0.5, 0.6) is 0 Å². The third-order valence-corrected chi connectivity index (χ3v) is 2.96. The molecule has 1 amide bonds. The number of ether oxygens (including phenoxy) is 1. The van der Waals surface area contributed by atoms with E-state index in [2.05, 4.69) is 10.5 Å². The minimum absolute atomic E-state index is 0.156. The molecule has 112 valence electrons. The van der Waals surface area contributed by atoms with Gasteiger partial charge in [0.1, 0.15) is 17.4 Å². The number of carbonyl (C=O) groups excluding carboxylic acids is 1. The van der Waals surface area contributed by atoms with E-state index in [9.17, 15) is 9.90 Å². The van der Waals surface area contributed by atoms with E-state index >= 15 is 0 Å². The molecular weight excluding hydrogens is 272 g/mol. The first-order valence-corrected chi connectivity index (χ1v) is 6.65. The maximum atomic E-state index is 12.3. The van der Waals surface area contributed by atoms with E-state index in [0.717, 1.165) is 5.56 Å². The maximum absolute atomic E-state index is 12.3. The lowest BCUT2D eigenvalue weighted by Crippen LogP contribution is -2.28. The largest absolute Gasteiger partial charge is 0.385 e. The highest BCUT2D eigenvalue weighted by Crippen LogP contribution is 2.28. The number of carbonyl (C=O) groups is 1. The molecular formula is C15H18N2O4. The standard InChI is InChI=1S/C15H18N2O4/c1-10(18)14-12(15(19)16-8-9-20-2)13(17-21-14)11-6-4-3-5-7-11/h3-7,10,18H,8-9H2,1-2H3,(H,16,19). The van der Waals surface area contributed by atoms with Crippen molar-refractivity contribution >= 4 is 5.91 Å². The first kappa shape index (κ1) is 15.2. The number of nitrogens with one attached hydrogen (secondary N) is 1. The predicted molar refractivity (Wildman–Crippen MR) is 76.8 cm³/mol. The Morgan fingerprint density at radius 1 is 1.43 bits per heavy atom. The summed E-state index contributed by atoms with van der Waals surface area (Å²) in [5.74, 6) is -0.188. The van der Waals surface area contributed by atoms with Crippen LogP contribution in [0.2, 0.25) is 0 Å². The molecule has 2 aromatic rings. The highest BCUT2D eigenvalue weighted by molar-refractivity contribution is 6.00. The molecule has 0 aliphatic heterocycles. The number of aromatic nitrogens is 1. The lowest BCUT2D eigenvalue weighted by Gasteiger charge is -2.07. The fourth-order valence-corrected chi connectivity index (χ4v) is 1.96. The Morgan fingerprint density at radius 2 is 2.14 bits per heavy atom. The number of aliphatic hydroxyl groups excluding tert-OH is 1. The molecule has 2 rings (SSSR count). The molecule has 0 aliphatic rings. The van der Waals surface area contributed by atoms with E-state index < -0.39 is 6.10 Å². The first-order valence-electron chi connectivity index (χ1n) is 6.65. The van der Waals surface area contributed by atoms with Gasteiger partial charge in [0.2, 0.25) is 0 Å². The SMILES string of the molecule is COCCNC(=O)c1c(-c2ccccc2)noc1C(C)O. The Kier molecular flexibility index (Phi) is 5.08. The summed E-state index contributed by atoms with van der Waals surface area (Å²) in [6.45, 7) is 2.30. The lowest BCUT2D eigenvalue weighted by atomic mass is 10.0. The number of amides is 1. The highest BCUT2D eigenvalue weighted by Gasteiger charge is 2.26. The quantitative estimate of drug-likeness (QED) is 0.792. The van der Waals surface area contributed by atoms with Crippen LogP contribution in [-0.2, 0) is 4.74 Å². The third kappa shape index (κ3) is 3.48. The van der Waals surface area contributed by atoms with Crippen molar-refractivity contribution in [2.24, 2.45) is 0 Å². The number of methoxy groups -OCH3 is 1. The van der Waals surface area contributed by atoms with Gasteiger partial charge in [0.25, 0.3) is 5.91 Å².